The van der Waals surface area contributed by atoms with E-state index < -0.39 is 48.7 Å². The van der Waals surface area contributed by atoms with Gasteiger partial charge in [-0.3, -0.25) is 4.79 Å². The Morgan fingerprint density at radius 1 is 0.844 bits per heavy atom. The van der Waals surface area contributed by atoms with Gasteiger partial charge < -0.3 is 40.1 Å². The number of rotatable bonds is 4. The van der Waals surface area contributed by atoms with Crippen LogP contribution < -0.4 is 0 Å². The summed E-state index contributed by atoms with van der Waals surface area (Å²) in [6, 6.07) is 0. The minimum Gasteiger partial charge on any atom is -0.432 e. The van der Waals surface area contributed by atoms with E-state index >= 15 is 0 Å². The van der Waals surface area contributed by atoms with Crippen LogP contribution in [-0.4, -0.2) is 86.6 Å². The van der Waals surface area contributed by atoms with Gasteiger partial charge in [0.25, 0.3) is 0 Å². The topological polar surface area (TPSA) is 157 Å². The van der Waals surface area contributed by atoms with Crippen molar-refractivity contribution in [3.63, 3.8) is 0 Å². The molecule has 0 aromatic rings. The fourth-order valence-corrected chi connectivity index (χ4v) is 11.3. The first-order valence-corrected chi connectivity index (χ1v) is 17.2. The van der Waals surface area contributed by atoms with Crippen LogP contribution in [0.2, 0.25) is 0 Å². The SMILES string of the molecule is CC1(C)[C@@H](O)CC[C@]2(C)C3=CC=C4[C@@H]5C[C@](C)(CO)CC[C@]5(C(=O)O[C@@H]5O[C@H](CO)[C@@H](O)[C@H](O)[C@H]5O)CC[C@@]4(C)[C@]3(C)CC[C@@H]12. The molecule has 0 aromatic heterocycles. The van der Waals surface area contributed by atoms with Crippen molar-refractivity contribution in [2.24, 2.45) is 44.3 Å². The molecule has 6 N–H and O–H groups in total. The molecule has 0 amide bonds. The third-order valence-corrected chi connectivity index (χ3v) is 14.7. The van der Waals surface area contributed by atoms with Gasteiger partial charge in [0, 0.05) is 6.61 Å². The molecule has 0 spiro atoms. The lowest BCUT2D eigenvalue weighted by Crippen LogP contribution is -2.63. The van der Waals surface area contributed by atoms with E-state index in [4.69, 9.17) is 9.47 Å². The van der Waals surface area contributed by atoms with E-state index in [0.717, 1.165) is 32.1 Å². The van der Waals surface area contributed by atoms with Crippen molar-refractivity contribution in [2.75, 3.05) is 13.2 Å². The lowest BCUT2D eigenvalue weighted by Gasteiger charge is -2.68. The number of hydrogen-bond acceptors (Lipinski definition) is 9. The van der Waals surface area contributed by atoms with Gasteiger partial charge in [-0.25, -0.2) is 0 Å². The molecule has 5 fully saturated rings. The van der Waals surface area contributed by atoms with Crippen LogP contribution in [0.25, 0.3) is 0 Å². The quantitative estimate of drug-likeness (QED) is 0.256. The second-order valence-corrected chi connectivity index (χ2v) is 17.2. The molecular weight excluding hydrogens is 576 g/mol. The highest BCUT2D eigenvalue weighted by atomic mass is 16.7. The van der Waals surface area contributed by atoms with E-state index in [1.807, 2.05) is 0 Å². The summed E-state index contributed by atoms with van der Waals surface area (Å²) in [5.41, 5.74) is 0.841. The van der Waals surface area contributed by atoms with Crippen molar-refractivity contribution in [1.29, 1.82) is 0 Å². The molecule has 0 unspecified atom stereocenters. The van der Waals surface area contributed by atoms with Crippen LogP contribution in [-0.2, 0) is 14.3 Å². The smallest absolute Gasteiger partial charge is 0.315 e. The first-order valence-electron chi connectivity index (χ1n) is 17.2. The summed E-state index contributed by atoms with van der Waals surface area (Å²) in [7, 11) is 0. The van der Waals surface area contributed by atoms with Gasteiger partial charge >= 0.3 is 5.97 Å². The Kier molecular flexibility index (Phi) is 8.09. The van der Waals surface area contributed by atoms with Crippen molar-refractivity contribution >= 4 is 5.97 Å². The van der Waals surface area contributed by atoms with Gasteiger partial charge in [0.2, 0.25) is 6.29 Å². The summed E-state index contributed by atoms with van der Waals surface area (Å²) in [5.74, 6) is -0.335. The van der Waals surface area contributed by atoms with Crippen LogP contribution in [0.3, 0.4) is 0 Å². The van der Waals surface area contributed by atoms with Crippen molar-refractivity contribution < 1.29 is 44.9 Å². The molecule has 45 heavy (non-hydrogen) atoms. The Morgan fingerprint density at radius 3 is 2.20 bits per heavy atom. The van der Waals surface area contributed by atoms with Crippen molar-refractivity contribution in [3.05, 3.63) is 23.3 Å². The number of ether oxygens (including phenoxy) is 2. The fraction of sp³-hybridized carbons (Fsp3) is 0.861. The first kappa shape index (κ1) is 33.6. The van der Waals surface area contributed by atoms with Gasteiger partial charge in [0.05, 0.1) is 18.1 Å². The van der Waals surface area contributed by atoms with Crippen LogP contribution in [0.1, 0.15) is 99.3 Å². The van der Waals surface area contributed by atoms with Gasteiger partial charge in [0.1, 0.15) is 24.4 Å². The fourth-order valence-electron chi connectivity index (χ4n) is 11.3. The van der Waals surface area contributed by atoms with Crippen molar-refractivity contribution in [1.82, 2.24) is 0 Å². The molecule has 13 atom stereocenters. The Morgan fingerprint density at radius 2 is 1.53 bits per heavy atom. The molecular formula is C36H56O9. The summed E-state index contributed by atoms with van der Waals surface area (Å²) in [5, 5.41) is 62.5. The maximum atomic E-state index is 14.4. The number of allylic oxidation sites excluding steroid dienone is 4. The molecule has 0 radical (unpaired) electrons. The predicted octanol–water partition coefficient (Wildman–Crippen LogP) is 3.38. The van der Waals surface area contributed by atoms with Gasteiger partial charge in [-0.15, -0.1) is 0 Å². The molecule has 1 heterocycles. The molecule has 9 heteroatoms. The van der Waals surface area contributed by atoms with Crippen LogP contribution in [0.15, 0.2) is 23.3 Å². The van der Waals surface area contributed by atoms with E-state index in [1.54, 1.807) is 0 Å². The van der Waals surface area contributed by atoms with Crippen LogP contribution in [0.4, 0.5) is 0 Å². The number of carbonyl (C=O) groups is 1. The second-order valence-electron chi connectivity index (χ2n) is 17.2. The molecule has 1 aliphatic heterocycles. The highest BCUT2D eigenvalue weighted by Gasteiger charge is 2.68. The summed E-state index contributed by atoms with van der Waals surface area (Å²) in [6.45, 7) is 13.1. The zero-order valence-electron chi connectivity index (χ0n) is 28.0. The Labute approximate surface area is 267 Å². The van der Waals surface area contributed by atoms with Gasteiger partial charge in [-0.2, -0.15) is 0 Å². The number of carbonyl (C=O) groups excluding carboxylic acids is 1. The standard InChI is InChI=1S/C36H56O9/c1-31(2)23-9-12-35(6)24(33(23,4)11-10-25(31)39)8-7-20-21-17-32(3,19-38)13-15-36(21,16-14-34(20,35)5)30(43)45-29-28(42)27(41)26(40)22(18-37)44-29/h7-8,21-23,25-29,37-42H,9-19H2,1-6H3/t21-,22+,23-,25-,26+,27-,28+,29-,32+,33-,34+,35+,36-/m0/s1. The van der Waals surface area contributed by atoms with E-state index in [-0.39, 0.29) is 45.7 Å². The number of hydrogen-bond donors (Lipinski definition) is 6. The normalized spacial score (nSPS) is 52.3. The van der Waals surface area contributed by atoms with E-state index in [9.17, 15) is 35.4 Å². The number of fused-ring (bicyclic) bond motifs is 7. The molecule has 9 nitrogen and oxygen atoms in total. The molecule has 0 bridgehead atoms. The summed E-state index contributed by atoms with van der Waals surface area (Å²) >= 11 is 0. The Hall–Kier alpha value is -1.33. The van der Waals surface area contributed by atoms with E-state index in [1.165, 1.54) is 11.1 Å². The van der Waals surface area contributed by atoms with Crippen LogP contribution in [0, 0.1) is 44.3 Å². The third-order valence-electron chi connectivity index (χ3n) is 14.7. The lowest BCUT2D eigenvalue weighted by atomic mass is 9.36. The molecule has 254 valence electrons. The molecule has 0 aromatic carbocycles. The molecule has 4 saturated carbocycles. The van der Waals surface area contributed by atoms with Crippen LogP contribution in [0.5, 0.6) is 0 Å². The molecule has 5 aliphatic carbocycles. The van der Waals surface area contributed by atoms with Crippen molar-refractivity contribution in [2.45, 2.75) is 136 Å². The van der Waals surface area contributed by atoms with E-state index in [2.05, 4.69) is 53.7 Å². The second kappa shape index (κ2) is 10.8. The molecule has 1 saturated heterocycles. The minimum atomic E-state index is -1.66. The number of aliphatic hydroxyl groups excluding tert-OH is 6. The Balaban J connectivity index is 1.40. The number of esters is 1. The maximum absolute atomic E-state index is 14.4. The zero-order valence-corrected chi connectivity index (χ0v) is 28.0. The average Bonchev–Trinajstić information content (AvgIpc) is 2.99. The van der Waals surface area contributed by atoms with Gasteiger partial charge in [-0.05, 0) is 96.7 Å². The zero-order chi connectivity index (χ0) is 33.0. The maximum Gasteiger partial charge on any atom is 0.315 e. The molecule has 6 aliphatic rings. The number of aliphatic hydroxyl groups is 6. The monoisotopic (exact) mass is 632 g/mol. The van der Waals surface area contributed by atoms with Gasteiger partial charge in [-0.1, -0.05) is 64.8 Å². The summed E-state index contributed by atoms with van der Waals surface area (Å²) in [6.07, 6.45) is 3.66. The highest BCUT2D eigenvalue weighted by molar-refractivity contribution is 5.79. The predicted molar refractivity (Wildman–Crippen MR) is 166 cm³/mol. The third kappa shape index (κ3) is 4.54. The minimum absolute atomic E-state index is 0.0147. The lowest BCUT2D eigenvalue weighted by molar-refractivity contribution is -0.297. The first-order chi connectivity index (χ1) is 20.9. The van der Waals surface area contributed by atoms with Gasteiger partial charge in [0.15, 0.2) is 0 Å². The van der Waals surface area contributed by atoms with E-state index in [0.29, 0.717) is 31.6 Å². The summed E-state index contributed by atoms with van der Waals surface area (Å²) < 4.78 is 11.5. The van der Waals surface area contributed by atoms with Crippen molar-refractivity contribution in [3.8, 4) is 0 Å². The Bertz CT molecular complexity index is 1260. The molecule has 6 rings (SSSR count). The highest BCUT2D eigenvalue weighted by Crippen LogP contribution is 2.74. The van der Waals surface area contributed by atoms with Crippen LogP contribution >= 0.6 is 0 Å². The largest absolute Gasteiger partial charge is 0.432 e. The summed E-state index contributed by atoms with van der Waals surface area (Å²) in [4.78, 5) is 14.4. The average molecular weight is 633 g/mol.